The van der Waals surface area contributed by atoms with Crippen molar-refractivity contribution in [1.29, 1.82) is 0 Å². The SMILES string of the molecule is NC1CCC(Oc2cc(F)cc(F)c2[N+](=O)[O-])C1. The number of rotatable bonds is 3. The molecule has 0 amide bonds. The third kappa shape index (κ3) is 2.56. The average molecular weight is 258 g/mol. The minimum absolute atomic E-state index is 0.0348. The lowest BCUT2D eigenvalue weighted by Crippen LogP contribution is -2.19. The van der Waals surface area contributed by atoms with Crippen LogP contribution in [0.25, 0.3) is 0 Å². The molecular weight excluding hydrogens is 246 g/mol. The molecule has 1 saturated carbocycles. The molecule has 1 aromatic rings. The number of halogens is 2. The Morgan fingerprint density at radius 3 is 2.67 bits per heavy atom. The summed E-state index contributed by atoms with van der Waals surface area (Å²) in [5.41, 5.74) is 4.84. The molecule has 0 aromatic heterocycles. The second-order valence-corrected chi connectivity index (χ2v) is 4.30. The van der Waals surface area contributed by atoms with Crippen LogP contribution in [0, 0.1) is 21.7 Å². The number of nitrogens with zero attached hydrogens (tertiary/aromatic N) is 1. The summed E-state index contributed by atoms with van der Waals surface area (Å²) in [5, 5.41) is 10.7. The van der Waals surface area contributed by atoms with E-state index in [-0.39, 0.29) is 17.9 Å². The smallest absolute Gasteiger partial charge is 0.346 e. The Bertz CT molecular complexity index is 482. The van der Waals surface area contributed by atoms with Crippen molar-refractivity contribution in [3.05, 3.63) is 33.9 Å². The fourth-order valence-electron chi connectivity index (χ4n) is 2.07. The first-order chi connectivity index (χ1) is 8.47. The molecule has 5 nitrogen and oxygen atoms in total. The van der Waals surface area contributed by atoms with Crippen molar-refractivity contribution in [3.8, 4) is 5.75 Å². The van der Waals surface area contributed by atoms with Crippen LogP contribution in [0.3, 0.4) is 0 Å². The molecule has 0 spiro atoms. The van der Waals surface area contributed by atoms with E-state index < -0.39 is 22.2 Å². The van der Waals surface area contributed by atoms with Crippen LogP contribution in [0.2, 0.25) is 0 Å². The minimum atomic E-state index is -1.24. The van der Waals surface area contributed by atoms with Gasteiger partial charge in [-0.25, -0.2) is 4.39 Å². The predicted molar refractivity (Wildman–Crippen MR) is 59.3 cm³/mol. The van der Waals surface area contributed by atoms with Crippen LogP contribution in [-0.4, -0.2) is 17.1 Å². The lowest BCUT2D eigenvalue weighted by molar-refractivity contribution is -0.388. The zero-order valence-electron chi connectivity index (χ0n) is 9.44. The summed E-state index contributed by atoms with van der Waals surface area (Å²) in [6, 6.07) is 1.25. The summed E-state index contributed by atoms with van der Waals surface area (Å²) in [5.74, 6) is -2.52. The molecule has 0 heterocycles. The maximum absolute atomic E-state index is 13.3. The van der Waals surface area contributed by atoms with E-state index in [1.807, 2.05) is 0 Å². The van der Waals surface area contributed by atoms with Gasteiger partial charge in [0.05, 0.1) is 4.92 Å². The minimum Gasteiger partial charge on any atom is -0.483 e. The first kappa shape index (κ1) is 12.7. The summed E-state index contributed by atoms with van der Waals surface area (Å²) in [4.78, 5) is 9.81. The fourth-order valence-corrected chi connectivity index (χ4v) is 2.07. The molecule has 0 radical (unpaired) electrons. The summed E-state index contributed by atoms with van der Waals surface area (Å²) >= 11 is 0. The Kier molecular flexibility index (Phi) is 3.42. The fraction of sp³-hybridized carbons (Fsp3) is 0.455. The molecule has 0 aliphatic heterocycles. The van der Waals surface area contributed by atoms with E-state index in [1.165, 1.54) is 0 Å². The second kappa shape index (κ2) is 4.85. The zero-order valence-corrected chi connectivity index (χ0v) is 9.44. The van der Waals surface area contributed by atoms with Gasteiger partial charge in [-0.1, -0.05) is 0 Å². The first-order valence-electron chi connectivity index (χ1n) is 5.53. The molecule has 0 bridgehead atoms. The molecule has 1 fully saturated rings. The van der Waals surface area contributed by atoms with E-state index in [0.29, 0.717) is 18.9 Å². The van der Waals surface area contributed by atoms with E-state index in [4.69, 9.17) is 10.5 Å². The Hall–Kier alpha value is -1.76. The lowest BCUT2D eigenvalue weighted by atomic mass is 10.2. The highest BCUT2D eigenvalue weighted by atomic mass is 19.1. The van der Waals surface area contributed by atoms with Crippen molar-refractivity contribution in [2.24, 2.45) is 5.73 Å². The van der Waals surface area contributed by atoms with Crippen molar-refractivity contribution in [2.45, 2.75) is 31.4 Å². The Morgan fingerprint density at radius 1 is 1.39 bits per heavy atom. The zero-order chi connectivity index (χ0) is 13.3. The van der Waals surface area contributed by atoms with E-state index >= 15 is 0 Å². The van der Waals surface area contributed by atoms with Gasteiger partial charge >= 0.3 is 5.69 Å². The average Bonchev–Trinajstić information content (AvgIpc) is 2.62. The van der Waals surface area contributed by atoms with E-state index in [2.05, 4.69) is 0 Å². The molecule has 1 aromatic carbocycles. The van der Waals surface area contributed by atoms with Crippen molar-refractivity contribution in [1.82, 2.24) is 0 Å². The molecule has 2 N–H and O–H groups in total. The standard InChI is InChI=1S/C11H12F2N2O3/c12-6-3-9(13)11(15(16)17)10(4-6)18-8-2-1-7(14)5-8/h3-4,7-8H,1-2,5,14H2. The maximum Gasteiger partial charge on any atom is 0.346 e. The summed E-state index contributed by atoms with van der Waals surface area (Å²) in [6.07, 6.45) is 1.54. The van der Waals surface area contributed by atoms with E-state index in [9.17, 15) is 18.9 Å². The second-order valence-electron chi connectivity index (χ2n) is 4.30. The third-order valence-corrected chi connectivity index (χ3v) is 2.89. The molecule has 2 rings (SSSR count). The maximum atomic E-state index is 13.3. The highest BCUT2D eigenvalue weighted by molar-refractivity contribution is 5.47. The van der Waals surface area contributed by atoms with Crippen LogP contribution in [0.15, 0.2) is 12.1 Å². The number of nitro benzene ring substituents is 1. The molecule has 2 atom stereocenters. The number of nitro groups is 1. The van der Waals surface area contributed by atoms with Crippen molar-refractivity contribution in [2.75, 3.05) is 0 Å². The van der Waals surface area contributed by atoms with Crippen LogP contribution in [0.1, 0.15) is 19.3 Å². The van der Waals surface area contributed by atoms with Gasteiger partial charge < -0.3 is 10.5 Å². The van der Waals surface area contributed by atoms with Crippen molar-refractivity contribution >= 4 is 5.69 Å². The Balaban J connectivity index is 2.28. The van der Waals surface area contributed by atoms with Crippen LogP contribution in [0.4, 0.5) is 14.5 Å². The van der Waals surface area contributed by atoms with Crippen molar-refractivity contribution in [3.63, 3.8) is 0 Å². The summed E-state index contributed by atoms with van der Waals surface area (Å²) in [6.45, 7) is 0. The quantitative estimate of drug-likeness (QED) is 0.665. The van der Waals surface area contributed by atoms with Gasteiger partial charge in [0.15, 0.2) is 0 Å². The molecule has 1 aliphatic rings. The van der Waals surface area contributed by atoms with Gasteiger partial charge in [-0.05, 0) is 19.3 Å². The van der Waals surface area contributed by atoms with Gasteiger partial charge in [-0.2, -0.15) is 4.39 Å². The molecule has 2 unspecified atom stereocenters. The number of ether oxygens (including phenoxy) is 1. The molecule has 7 heteroatoms. The molecule has 18 heavy (non-hydrogen) atoms. The third-order valence-electron chi connectivity index (χ3n) is 2.89. The number of benzene rings is 1. The number of hydrogen-bond donors (Lipinski definition) is 1. The Labute approximate surface area is 102 Å². The van der Waals surface area contributed by atoms with Crippen LogP contribution >= 0.6 is 0 Å². The van der Waals surface area contributed by atoms with E-state index in [0.717, 1.165) is 12.5 Å². The van der Waals surface area contributed by atoms with Gasteiger partial charge in [0.2, 0.25) is 11.6 Å². The van der Waals surface area contributed by atoms with Gasteiger partial charge in [0, 0.05) is 18.2 Å². The molecular formula is C11H12F2N2O3. The molecule has 98 valence electrons. The summed E-state index contributed by atoms with van der Waals surface area (Å²) < 4.78 is 31.7. The van der Waals surface area contributed by atoms with Gasteiger partial charge in [0.1, 0.15) is 11.9 Å². The normalized spacial score (nSPS) is 23.1. The van der Waals surface area contributed by atoms with E-state index in [1.54, 1.807) is 0 Å². The summed E-state index contributed by atoms with van der Waals surface area (Å²) in [7, 11) is 0. The lowest BCUT2D eigenvalue weighted by Gasteiger charge is -2.13. The van der Waals surface area contributed by atoms with Crippen LogP contribution in [0.5, 0.6) is 5.75 Å². The highest BCUT2D eigenvalue weighted by Gasteiger charge is 2.29. The monoisotopic (exact) mass is 258 g/mol. The number of nitrogens with two attached hydrogens (primary N) is 1. The topological polar surface area (TPSA) is 78.4 Å². The first-order valence-corrected chi connectivity index (χ1v) is 5.53. The number of hydrogen-bond acceptors (Lipinski definition) is 4. The van der Waals surface area contributed by atoms with Crippen LogP contribution in [-0.2, 0) is 0 Å². The molecule has 1 aliphatic carbocycles. The largest absolute Gasteiger partial charge is 0.483 e. The van der Waals surface area contributed by atoms with Gasteiger partial charge in [-0.3, -0.25) is 10.1 Å². The highest BCUT2D eigenvalue weighted by Crippen LogP contribution is 2.34. The van der Waals surface area contributed by atoms with Crippen LogP contribution < -0.4 is 10.5 Å². The molecule has 0 saturated heterocycles. The van der Waals surface area contributed by atoms with Gasteiger partial charge in [-0.15, -0.1) is 0 Å². The van der Waals surface area contributed by atoms with Gasteiger partial charge in [0.25, 0.3) is 0 Å². The Morgan fingerprint density at radius 2 is 2.11 bits per heavy atom. The van der Waals surface area contributed by atoms with Crippen molar-refractivity contribution < 1.29 is 18.4 Å². The predicted octanol–water partition coefficient (Wildman–Crippen LogP) is 2.13.